The van der Waals surface area contributed by atoms with Crippen LogP contribution in [0, 0.1) is 0 Å². The standard InChI is InChI=1S/C24H29F3N8O/c1-16-14-34(9-10-35(16)22-6-4-20(13-31-22)24(25,26)27)15-19-12-32-33-23(19)18-3-5-21(30-11-18)29-8-7-28-17(2)36/h3-6,11-13,16H,7-10,14-15H2,1-2H3,(H,28,36)(H,29,30)(H,32,33)/t16-/m1/s1. The average molecular weight is 503 g/mol. The van der Waals surface area contributed by atoms with Crippen LogP contribution in [0.15, 0.2) is 42.9 Å². The summed E-state index contributed by atoms with van der Waals surface area (Å²) in [6.07, 6.45) is 0.142. The highest BCUT2D eigenvalue weighted by Crippen LogP contribution is 2.30. The van der Waals surface area contributed by atoms with E-state index in [1.165, 1.54) is 13.0 Å². The first-order valence-corrected chi connectivity index (χ1v) is 11.7. The first-order valence-electron chi connectivity index (χ1n) is 11.7. The number of halogens is 3. The number of anilines is 2. The van der Waals surface area contributed by atoms with E-state index >= 15 is 0 Å². The predicted molar refractivity (Wildman–Crippen MR) is 130 cm³/mol. The summed E-state index contributed by atoms with van der Waals surface area (Å²) >= 11 is 0. The number of amides is 1. The van der Waals surface area contributed by atoms with Gasteiger partial charge in [-0.15, -0.1) is 0 Å². The third-order valence-corrected chi connectivity index (χ3v) is 6.04. The molecule has 3 aromatic rings. The zero-order valence-electron chi connectivity index (χ0n) is 20.1. The molecule has 0 unspecified atom stereocenters. The van der Waals surface area contributed by atoms with Gasteiger partial charge in [0.2, 0.25) is 5.91 Å². The van der Waals surface area contributed by atoms with Gasteiger partial charge in [-0.2, -0.15) is 18.3 Å². The van der Waals surface area contributed by atoms with Crippen LogP contribution in [0.2, 0.25) is 0 Å². The normalized spacial score (nSPS) is 16.7. The molecule has 36 heavy (non-hydrogen) atoms. The van der Waals surface area contributed by atoms with E-state index in [1.807, 2.05) is 30.2 Å². The maximum Gasteiger partial charge on any atom is 0.417 e. The summed E-state index contributed by atoms with van der Waals surface area (Å²) < 4.78 is 38.5. The summed E-state index contributed by atoms with van der Waals surface area (Å²) in [5.41, 5.74) is 2.01. The van der Waals surface area contributed by atoms with Crippen molar-refractivity contribution in [2.45, 2.75) is 32.6 Å². The van der Waals surface area contributed by atoms with Crippen LogP contribution in [0.5, 0.6) is 0 Å². The fourth-order valence-corrected chi connectivity index (χ4v) is 4.23. The van der Waals surface area contributed by atoms with Crippen molar-refractivity contribution in [3.05, 3.63) is 54.0 Å². The molecule has 0 aliphatic carbocycles. The van der Waals surface area contributed by atoms with E-state index in [0.29, 0.717) is 37.8 Å². The molecule has 0 aromatic carbocycles. The zero-order chi connectivity index (χ0) is 25.7. The fraction of sp³-hybridized carbons (Fsp3) is 0.417. The molecule has 0 spiro atoms. The Bertz CT molecular complexity index is 1150. The third kappa shape index (κ3) is 6.30. The van der Waals surface area contributed by atoms with E-state index in [4.69, 9.17) is 0 Å². The summed E-state index contributed by atoms with van der Waals surface area (Å²) in [4.78, 5) is 23.8. The van der Waals surface area contributed by atoms with Crippen molar-refractivity contribution in [1.82, 2.24) is 30.4 Å². The second kappa shape index (κ2) is 10.9. The maximum absolute atomic E-state index is 12.8. The van der Waals surface area contributed by atoms with Crippen molar-refractivity contribution in [3.8, 4) is 11.3 Å². The highest BCUT2D eigenvalue weighted by molar-refractivity contribution is 5.72. The zero-order valence-corrected chi connectivity index (χ0v) is 20.1. The van der Waals surface area contributed by atoms with E-state index in [-0.39, 0.29) is 11.9 Å². The number of nitrogens with zero attached hydrogens (tertiary/aromatic N) is 5. The van der Waals surface area contributed by atoms with Gasteiger partial charge in [-0.3, -0.25) is 14.8 Å². The number of hydrogen-bond donors (Lipinski definition) is 3. The molecular formula is C24H29F3N8O. The topological polar surface area (TPSA) is 102 Å². The van der Waals surface area contributed by atoms with Gasteiger partial charge >= 0.3 is 6.18 Å². The van der Waals surface area contributed by atoms with Gasteiger partial charge < -0.3 is 15.5 Å². The SMILES string of the molecule is CC(=O)NCCNc1ccc(-c2n[nH]cc2CN2CCN(c3ccc(C(F)(F)F)cn3)[C@H](C)C2)cn1. The molecule has 9 nitrogen and oxygen atoms in total. The Morgan fingerprint density at radius 3 is 2.61 bits per heavy atom. The molecule has 1 aliphatic rings. The minimum Gasteiger partial charge on any atom is -0.368 e. The Morgan fingerprint density at radius 2 is 1.97 bits per heavy atom. The van der Waals surface area contributed by atoms with Crippen molar-refractivity contribution < 1.29 is 18.0 Å². The molecule has 1 saturated heterocycles. The van der Waals surface area contributed by atoms with Crippen LogP contribution in [-0.2, 0) is 17.5 Å². The van der Waals surface area contributed by atoms with Crippen LogP contribution in [0.25, 0.3) is 11.3 Å². The summed E-state index contributed by atoms with van der Waals surface area (Å²) in [5, 5.41) is 13.2. The summed E-state index contributed by atoms with van der Waals surface area (Å²) in [6, 6.07) is 6.43. The molecule has 3 N–H and O–H groups in total. The lowest BCUT2D eigenvalue weighted by atomic mass is 10.1. The average Bonchev–Trinajstić information content (AvgIpc) is 3.30. The van der Waals surface area contributed by atoms with Crippen LogP contribution in [0.1, 0.15) is 25.0 Å². The Balaban J connectivity index is 1.34. The summed E-state index contributed by atoms with van der Waals surface area (Å²) in [5.74, 6) is 1.19. The number of rotatable bonds is 8. The molecule has 1 atom stereocenters. The van der Waals surface area contributed by atoms with Crippen LogP contribution in [-0.4, -0.2) is 69.7 Å². The number of nitrogens with one attached hydrogen (secondary N) is 3. The van der Waals surface area contributed by atoms with E-state index < -0.39 is 11.7 Å². The first kappa shape index (κ1) is 25.4. The quantitative estimate of drug-likeness (QED) is 0.407. The van der Waals surface area contributed by atoms with Gasteiger partial charge in [-0.25, -0.2) is 9.97 Å². The second-order valence-electron chi connectivity index (χ2n) is 8.78. The van der Waals surface area contributed by atoms with E-state index in [9.17, 15) is 18.0 Å². The lowest BCUT2D eigenvalue weighted by Crippen LogP contribution is -2.51. The molecule has 4 heterocycles. The van der Waals surface area contributed by atoms with Crippen molar-refractivity contribution in [3.63, 3.8) is 0 Å². The largest absolute Gasteiger partial charge is 0.417 e. The monoisotopic (exact) mass is 502 g/mol. The van der Waals surface area contributed by atoms with Crippen LogP contribution < -0.4 is 15.5 Å². The smallest absolute Gasteiger partial charge is 0.368 e. The molecule has 0 radical (unpaired) electrons. The minimum absolute atomic E-state index is 0.0711. The van der Waals surface area contributed by atoms with Gasteiger partial charge in [0.05, 0.1) is 11.3 Å². The minimum atomic E-state index is -4.39. The molecule has 1 amide bonds. The van der Waals surface area contributed by atoms with Crippen LogP contribution in [0.3, 0.4) is 0 Å². The van der Waals surface area contributed by atoms with Crippen molar-refractivity contribution in [2.75, 3.05) is 42.9 Å². The van der Waals surface area contributed by atoms with Gasteiger partial charge in [0, 0.05) is 82.0 Å². The lowest BCUT2D eigenvalue weighted by molar-refractivity contribution is -0.137. The lowest BCUT2D eigenvalue weighted by Gasteiger charge is -2.40. The molecule has 3 aromatic heterocycles. The van der Waals surface area contributed by atoms with E-state index in [2.05, 4.69) is 35.7 Å². The van der Waals surface area contributed by atoms with Gasteiger partial charge in [0.1, 0.15) is 11.6 Å². The first-order chi connectivity index (χ1) is 17.2. The fourth-order valence-electron chi connectivity index (χ4n) is 4.23. The Morgan fingerprint density at radius 1 is 1.14 bits per heavy atom. The molecule has 1 aliphatic heterocycles. The number of aromatic nitrogens is 4. The molecular weight excluding hydrogens is 473 g/mol. The number of H-pyrrole nitrogens is 1. The number of alkyl halides is 3. The second-order valence-corrected chi connectivity index (χ2v) is 8.78. The van der Waals surface area contributed by atoms with Gasteiger partial charge in [-0.1, -0.05) is 0 Å². The van der Waals surface area contributed by atoms with Gasteiger partial charge in [-0.05, 0) is 31.2 Å². The van der Waals surface area contributed by atoms with E-state index in [0.717, 1.165) is 42.2 Å². The summed E-state index contributed by atoms with van der Waals surface area (Å²) in [7, 11) is 0. The van der Waals surface area contributed by atoms with Crippen LogP contribution in [0.4, 0.5) is 24.8 Å². The number of carbonyl (C=O) groups is 1. The van der Waals surface area contributed by atoms with Crippen molar-refractivity contribution in [2.24, 2.45) is 0 Å². The van der Waals surface area contributed by atoms with Crippen molar-refractivity contribution >= 4 is 17.5 Å². The Kier molecular flexibility index (Phi) is 7.73. The molecule has 0 bridgehead atoms. The van der Waals surface area contributed by atoms with Gasteiger partial charge in [0.25, 0.3) is 0 Å². The predicted octanol–water partition coefficient (Wildman–Crippen LogP) is 3.14. The Labute approximate surface area is 207 Å². The maximum atomic E-state index is 12.8. The Hall–Kier alpha value is -3.67. The van der Waals surface area contributed by atoms with Crippen LogP contribution >= 0.6 is 0 Å². The third-order valence-electron chi connectivity index (χ3n) is 6.04. The highest BCUT2D eigenvalue weighted by atomic mass is 19.4. The van der Waals surface area contributed by atoms with E-state index in [1.54, 1.807) is 6.20 Å². The molecule has 4 rings (SSSR count). The van der Waals surface area contributed by atoms with Crippen molar-refractivity contribution in [1.29, 1.82) is 0 Å². The number of hydrogen-bond acceptors (Lipinski definition) is 7. The van der Waals surface area contributed by atoms with Gasteiger partial charge in [0.15, 0.2) is 0 Å². The molecule has 192 valence electrons. The summed E-state index contributed by atoms with van der Waals surface area (Å²) in [6.45, 7) is 7.44. The molecule has 12 heteroatoms. The highest BCUT2D eigenvalue weighted by Gasteiger charge is 2.32. The molecule has 1 fully saturated rings. The number of piperazine rings is 1. The molecule has 0 saturated carbocycles. The number of aromatic amines is 1. The number of pyridine rings is 2. The number of carbonyl (C=O) groups excluding carboxylic acids is 1.